The van der Waals surface area contributed by atoms with Crippen LogP contribution in [0.4, 0.5) is 0 Å². The number of alkyl halides is 4. The molecule has 17 heavy (non-hydrogen) atoms. The molecule has 0 amide bonds. The van der Waals surface area contributed by atoms with Gasteiger partial charge in [0.25, 0.3) is 0 Å². The molecular formula is C13H14Br2Cl2. The second-order valence-corrected chi connectivity index (χ2v) is 8.72. The van der Waals surface area contributed by atoms with E-state index < -0.39 is 0 Å². The molecule has 1 atom stereocenters. The van der Waals surface area contributed by atoms with Crippen molar-refractivity contribution in [1.29, 1.82) is 0 Å². The Morgan fingerprint density at radius 2 is 1.65 bits per heavy atom. The van der Waals surface area contributed by atoms with Crippen LogP contribution in [0.15, 0.2) is 30.3 Å². The molecule has 1 aliphatic carbocycles. The molecule has 1 unspecified atom stereocenters. The fourth-order valence-electron chi connectivity index (χ4n) is 2.40. The van der Waals surface area contributed by atoms with Crippen molar-refractivity contribution in [3.05, 3.63) is 35.9 Å². The van der Waals surface area contributed by atoms with Crippen LogP contribution in [-0.2, 0) is 6.42 Å². The van der Waals surface area contributed by atoms with Crippen molar-refractivity contribution >= 4 is 55.1 Å². The summed E-state index contributed by atoms with van der Waals surface area (Å²) in [6, 6.07) is 10.5. The van der Waals surface area contributed by atoms with E-state index in [2.05, 4.69) is 56.1 Å². The van der Waals surface area contributed by atoms with Crippen LogP contribution in [0.25, 0.3) is 0 Å². The van der Waals surface area contributed by atoms with Gasteiger partial charge in [-0.1, -0.05) is 62.2 Å². The topological polar surface area (TPSA) is 0 Å². The predicted molar refractivity (Wildman–Crippen MR) is 82.7 cm³/mol. The lowest BCUT2D eigenvalue weighted by Crippen LogP contribution is -2.13. The van der Waals surface area contributed by atoms with Gasteiger partial charge in [-0.2, -0.15) is 0 Å². The SMILES string of the molecule is ClCC1(CCl)C(CCc2ccccc2)C1(Br)Br. The minimum atomic E-state index is -0.0781. The van der Waals surface area contributed by atoms with Gasteiger partial charge in [0.15, 0.2) is 0 Å². The Balaban J connectivity index is 1.98. The molecular weight excluding hydrogens is 387 g/mol. The van der Waals surface area contributed by atoms with Gasteiger partial charge in [0.2, 0.25) is 0 Å². The molecule has 0 nitrogen and oxygen atoms in total. The molecule has 1 aromatic carbocycles. The lowest BCUT2D eigenvalue weighted by Gasteiger charge is -2.10. The maximum atomic E-state index is 6.07. The van der Waals surface area contributed by atoms with E-state index in [0.717, 1.165) is 12.8 Å². The minimum Gasteiger partial charge on any atom is -0.126 e. The molecule has 0 radical (unpaired) electrons. The van der Waals surface area contributed by atoms with Crippen molar-refractivity contribution in [3.63, 3.8) is 0 Å². The Hall–Kier alpha value is 0.760. The zero-order valence-electron chi connectivity index (χ0n) is 9.30. The van der Waals surface area contributed by atoms with Gasteiger partial charge >= 0.3 is 0 Å². The number of halogens is 4. The van der Waals surface area contributed by atoms with Crippen molar-refractivity contribution in [3.8, 4) is 0 Å². The molecule has 4 heteroatoms. The molecule has 0 bridgehead atoms. The van der Waals surface area contributed by atoms with Crippen molar-refractivity contribution in [2.45, 2.75) is 16.1 Å². The highest BCUT2D eigenvalue weighted by Crippen LogP contribution is 2.73. The van der Waals surface area contributed by atoms with E-state index in [1.54, 1.807) is 0 Å². The highest BCUT2D eigenvalue weighted by molar-refractivity contribution is 9.25. The summed E-state index contributed by atoms with van der Waals surface area (Å²) in [6.45, 7) is 0. The Labute approximate surface area is 129 Å². The smallest absolute Gasteiger partial charge is 0.0922 e. The predicted octanol–water partition coefficient (Wildman–Crippen LogP) is 5.20. The Morgan fingerprint density at radius 1 is 1.06 bits per heavy atom. The number of rotatable bonds is 5. The third-order valence-corrected chi connectivity index (χ3v) is 7.37. The first-order chi connectivity index (χ1) is 8.08. The van der Waals surface area contributed by atoms with E-state index in [-0.39, 0.29) is 8.65 Å². The largest absolute Gasteiger partial charge is 0.126 e. The molecule has 1 fully saturated rings. The molecule has 0 aromatic heterocycles. The van der Waals surface area contributed by atoms with E-state index in [1.807, 2.05) is 6.07 Å². The van der Waals surface area contributed by atoms with Gasteiger partial charge in [0, 0.05) is 17.2 Å². The van der Waals surface area contributed by atoms with E-state index >= 15 is 0 Å². The highest BCUT2D eigenvalue weighted by Gasteiger charge is 2.72. The first-order valence-electron chi connectivity index (χ1n) is 5.62. The molecule has 1 aromatic rings. The summed E-state index contributed by atoms with van der Waals surface area (Å²) in [5.74, 6) is 1.67. The van der Waals surface area contributed by atoms with Crippen molar-refractivity contribution in [2.75, 3.05) is 11.8 Å². The van der Waals surface area contributed by atoms with Crippen molar-refractivity contribution in [2.24, 2.45) is 11.3 Å². The van der Waals surface area contributed by atoms with Crippen LogP contribution < -0.4 is 0 Å². The van der Waals surface area contributed by atoms with Crippen molar-refractivity contribution in [1.82, 2.24) is 0 Å². The first kappa shape index (κ1) is 14.2. The van der Waals surface area contributed by atoms with Gasteiger partial charge in [-0.25, -0.2) is 0 Å². The molecule has 1 saturated carbocycles. The fourth-order valence-corrected chi connectivity index (χ4v) is 6.35. The quantitative estimate of drug-likeness (QED) is 0.596. The number of hydrogen-bond donors (Lipinski definition) is 0. The van der Waals surface area contributed by atoms with Crippen LogP contribution in [0.3, 0.4) is 0 Å². The fraction of sp³-hybridized carbons (Fsp3) is 0.538. The molecule has 0 spiro atoms. The van der Waals surface area contributed by atoms with E-state index in [0.29, 0.717) is 17.7 Å². The molecule has 2 rings (SSSR count). The third-order valence-electron chi connectivity index (χ3n) is 3.73. The summed E-state index contributed by atoms with van der Waals surface area (Å²) in [4.78, 5) is 0. The van der Waals surface area contributed by atoms with Gasteiger partial charge in [-0.3, -0.25) is 0 Å². The standard InChI is InChI=1S/C13H14Br2Cl2/c14-13(15)11(12(13,8-16)9-17)7-6-10-4-2-1-3-5-10/h1-5,11H,6-9H2. The third kappa shape index (κ3) is 2.43. The maximum Gasteiger partial charge on any atom is 0.0922 e. The zero-order chi connectivity index (χ0) is 12.5. The van der Waals surface area contributed by atoms with Crippen LogP contribution in [0.1, 0.15) is 12.0 Å². The van der Waals surface area contributed by atoms with E-state index in [9.17, 15) is 0 Å². The summed E-state index contributed by atoms with van der Waals surface area (Å²) >= 11 is 19.6. The summed E-state index contributed by atoms with van der Waals surface area (Å²) in [7, 11) is 0. The lowest BCUT2D eigenvalue weighted by molar-refractivity contribution is 0.544. The number of hydrogen-bond acceptors (Lipinski definition) is 0. The van der Waals surface area contributed by atoms with E-state index in [4.69, 9.17) is 23.2 Å². The molecule has 0 aliphatic heterocycles. The Kier molecular flexibility index (Phi) is 4.50. The summed E-state index contributed by atoms with van der Waals surface area (Å²) in [5, 5.41) is 0. The van der Waals surface area contributed by atoms with Crippen LogP contribution >= 0.6 is 55.1 Å². The second-order valence-electron chi connectivity index (χ2n) is 4.62. The van der Waals surface area contributed by atoms with Gasteiger partial charge in [0.1, 0.15) is 0 Å². The van der Waals surface area contributed by atoms with Crippen molar-refractivity contribution < 1.29 is 0 Å². The van der Waals surface area contributed by atoms with Crippen LogP contribution in [0.5, 0.6) is 0 Å². The highest BCUT2D eigenvalue weighted by atomic mass is 79.9. The average Bonchev–Trinajstić information content (AvgIpc) is 2.83. The molecule has 0 heterocycles. The molecule has 1 aliphatic rings. The summed E-state index contributed by atoms with van der Waals surface area (Å²) in [6.07, 6.45) is 2.17. The van der Waals surface area contributed by atoms with Gasteiger partial charge in [-0.15, -0.1) is 23.2 Å². The Bertz CT molecular complexity index is 374. The lowest BCUT2D eigenvalue weighted by atomic mass is 10.0. The van der Waals surface area contributed by atoms with Crippen LogP contribution in [-0.4, -0.2) is 15.0 Å². The first-order valence-corrected chi connectivity index (χ1v) is 8.27. The Morgan fingerprint density at radius 3 is 2.12 bits per heavy atom. The van der Waals surface area contributed by atoms with Crippen LogP contribution in [0, 0.1) is 11.3 Å². The van der Waals surface area contributed by atoms with Gasteiger partial charge in [0.05, 0.1) is 3.23 Å². The van der Waals surface area contributed by atoms with Crippen LogP contribution in [0.2, 0.25) is 0 Å². The monoisotopic (exact) mass is 398 g/mol. The summed E-state index contributed by atoms with van der Waals surface area (Å²) in [5.41, 5.74) is 1.36. The number of aryl methyl sites for hydroxylation is 1. The molecule has 0 saturated heterocycles. The summed E-state index contributed by atoms with van der Waals surface area (Å²) < 4.78 is -0.0781. The van der Waals surface area contributed by atoms with Gasteiger partial charge in [-0.05, 0) is 24.3 Å². The second kappa shape index (κ2) is 5.40. The average molecular weight is 401 g/mol. The minimum absolute atomic E-state index is 0.00904. The molecule has 0 N–H and O–H groups in total. The van der Waals surface area contributed by atoms with E-state index in [1.165, 1.54) is 5.56 Å². The normalized spacial score (nSPS) is 24.6. The zero-order valence-corrected chi connectivity index (χ0v) is 14.0. The van der Waals surface area contributed by atoms with Gasteiger partial charge < -0.3 is 0 Å². The molecule has 94 valence electrons. The number of benzene rings is 1. The maximum absolute atomic E-state index is 6.07.